The van der Waals surface area contributed by atoms with Gasteiger partial charge in [0.2, 0.25) is 0 Å². The summed E-state index contributed by atoms with van der Waals surface area (Å²) in [6, 6.07) is 7.42. The predicted octanol–water partition coefficient (Wildman–Crippen LogP) is 7.34. The van der Waals surface area contributed by atoms with Crippen LogP contribution >= 0.6 is 0 Å². The van der Waals surface area contributed by atoms with Gasteiger partial charge in [-0.25, -0.2) is 47.2 Å². The van der Waals surface area contributed by atoms with Gasteiger partial charge in [-0.15, -0.1) is 0 Å². The van der Waals surface area contributed by atoms with Crippen molar-refractivity contribution in [3.8, 4) is 0 Å². The molecule has 0 saturated heterocycles. The highest BCUT2D eigenvalue weighted by molar-refractivity contribution is 7.91. The van der Waals surface area contributed by atoms with E-state index in [1.165, 1.54) is 12.1 Å². The molecule has 0 fully saturated rings. The SMILES string of the molecule is CC(C)c1c(F)cc(S(C)(=O)=O)cc1F.CC(C)c1cc(F)c(S(C)(=O)=O)cc1F.CC(C)c1ccc(S(C)(=O)=O)cc1F. The Hall–Kier alpha value is -2.84. The van der Waals surface area contributed by atoms with Crippen LogP contribution in [0.4, 0.5) is 22.0 Å². The normalized spacial score (nSPS) is 12.1. The molecule has 6 nitrogen and oxygen atoms in total. The summed E-state index contributed by atoms with van der Waals surface area (Å²) in [7, 11) is -10.6. The maximum atomic E-state index is 13.4. The number of sulfone groups is 3. The molecule has 0 aliphatic heterocycles. The number of hydrogen-bond donors (Lipinski definition) is 0. The van der Waals surface area contributed by atoms with Crippen LogP contribution in [0, 0.1) is 29.1 Å². The smallest absolute Gasteiger partial charge is 0.178 e. The van der Waals surface area contributed by atoms with Crippen LogP contribution in [0.2, 0.25) is 0 Å². The Morgan fingerprint density at radius 3 is 1.20 bits per heavy atom. The van der Waals surface area contributed by atoms with Crippen LogP contribution in [-0.2, 0) is 29.5 Å². The number of benzene rings is 3. The minimum Gasteiger partial charge on any atom is -0.224 e. The van der Waals surface area contributed by atoms with E-state index in [0.29, 0.717) is 5.56 Å². The molecule has 3 aromatic carbocycles. The van der Waals surface area contributed by atoms with Crippen molar-refractivity contribution in [2.75, 3.05) is 18.8 Å². The minimum absolute atomic E-state index is 0.0272. The van der Waals surface area contributed by atoms with Crippen molar-refractivity contribution >= 4 is 29.5 Å². The van der Waals surface area contributed by atoms with Gasteiger partial charge in [-0.3, -0.25) is 0 Å². The van der Waals surface area contributed by atoms with Gasteiger partial charge in [0.1, 0.15) is 34.0 Å². The summed E-state index contributed by atoms with van der Waals surface area (Å²) >= 11 is 0. The second-order valence-corrected chi connectivity index (χ2v) is 17.1. The summed E-state index contributed by atoms with van der Waals surface area (Å²) in [5.74, 6) is -4.12. The first-order chi connectivity index (χ1) is 19.8. The molecule has 0 N–H and O–H groups in total. The topological polar surface area (TPSA) is 102 Å². The van der Waals surface area contributed by atoms with Crippen molar-refractivity contribution in [3.63, 3.8) is 0 Å². The van der Waals surface area contributed by atoms with Gasteiger partial charge < -0.3 is 0 Å². The zero-order valence-corrected chi connectivity index (χ0v) is 28.3. The van der Waals surface area contributed by atoms with Gasteiger partial charge in [-0.05, 0) is 65.3 Å². The summed E-state index contributed by atoms with van der Waals surface area (Å²) in [5, 5.41) is 0. The van der Waals surface area contributed by atoms with Crippen molar-refractivity contribution in [1.82, 2.24) is 0 Å². The van der Waals surface area contributed by atoms with E-state index in [2.05, 4.69) is 0 Å². The van der Waals surface area contributed by atoms with E-state index in [0.717, 1.165) is 49.1 Å². The van der Waals surface area contributed by atoms with E-state index in [4.69, 9.17) is 0 Å². The third kappa shape index (κ3) is 11.0. The molecule has 14 heteroatoms. The molecule has 0 radical (unpaired) electrons. The molecule has 3 aromatic rings. The molecule has 0 saturated carbocycles. The second-order valence-electron chi connectivity index (χ2n) is 11.1. The van der Waals surface area contributed by atoms with Crippen LogP contribution in [0.25, 0.3) is 0 Å². The van der Waals surface area contributed by atoms with Gasteiger partial charge in [-0.2, -0.15) is 0 Å². The van der Waals surface area contributed by atoms with Crippen LogP contribution in [0.1, 0.15) is 76.0 Å². The Kier molecular flexibility index (Phi) is 13.3. The average molecular weight is 685 g/mol. The van der Waals surface area contributed by atoms with Crippen molar-refractivity contribution in [2.24, 2.45) is 0 Å². The molecule has 0 aromatic heterocycles. The molecule has 0 spiro atoms. The van der Waals surface area contributed by atoms with Crippen molar-refractivity contribution < 1.29 is 47.2 Å². The lowest BCUT2D eigenvalue weighted by Gasteiger charge is -2.09. The largest absolute Gasteiger partial charge is 0.224 e. The summed E-state index contributed by atoms with van der Waals surface area (Å²) < 4.78 is 133. The van der Waals surface area contributed by atoms with Crippen LogP contribution in [0.15, 0.2) is 57.2 Å². The van der Waals surface area contributed by atoms with Crippen LogP contribution in [0.3, 0.4) is 0 Å². The molecule has 0 heterocycles. The molecule has 246 valence electrons. The minimum atomic E-state index is -3.71. The van der Waals surface area contributed by atoms with Gasteiger partial charge in [0.05, 0.1) is 9.79 Å². The summed E-state index contributed by atoms with van der Waals surface area (Å²) in [5.41, 5.74) is 0.639. The van der Waals surface area contributed by atoms with E-state index in [1.54, 1.807) is 27.7 Å². The monoisotopic (exact) mass is 684 g/mol. The van der Waals surface area contributed by atoms with Crippen LogP contribution in [-0.4, -0.2) is 44.0 Å². The Balaban J connectivity index is 0.000000330. The fourth-order valence-electron chi connectivity index (χ4n) is 3.80. The molecule has 0 bridgehead atoms. The van der Waals surface area contributed by atoms with Crippen molar-refractivity contribution in [1.29, 1.82) is 0 Å². The third-order valence-corrected chi connectivity index (χ3v) is 9.47. The molecule has 0 aliphatic carbocycles. The first kappa shape index (κ1) is 39.2. The molecule has 0 atom stereocenters. The molecule has 3 rings (SSSR count). The van der Waals surface area contributed by atoms with Crippen molar-refractivity contribution in [2.45, 2.75) is 74.0 Å². The lowest BCUT2D eigenvalue weighted by molar-refractivity contribution is 0.532. The highest BCUT2D eigenvalue weighted by atomic mass is 32.2. The highest BCUT2D eigenvalue weighted by Gasteiger charge is 2.19. The number of rotatable bonds is 6. The fraction of sp³-hybridized carbons (Fsp3) is 0.400. The molecular formula is C30H37F5O6S3. The van der Waals surface area contributed by atoms with Crippen molar-refractivity contribution in [3.05, 3.63) is 88.2 Å². The van der Waals surface area contributed by atoms with Crippen LogP contribution in [0.5, 0.6) is 0 Å². The molecule has 0 aliphatic rings. The quantitative estimate of drug-likeness (QED) is 0.252. The standard InChI is InChI=1S/2C10H12F2O2S.C10H13FO2S/c1-6(2)7-4-9(12)10(5-8(7)11)15(3,13)14;1-6(2)10-8(11)4-7(5-9(10)12)15(3,13)14;1-7(2)9-5-4-8(6-10(9)11)14(3,12)13/h2*4-6H,1-3H3;4-7H,1-3H3. The molecular weight excluding hydrogens is 648 g/mol. The van der Waals surface area contributed by atoms with E-state index >= 15 is 0 Å². The molecule has 0 amide bonds. The fourth-order valence-corrected chi connectivity index (χ4v) is 5.80. The zero-order valence-electron chi connectivity index (χ0n) is 25.8. The summed E-state index contributed by atoms with van der Waals surface area (Å²) in [6.07, 6.45) is 2.83. The first-order valence-electron chi connectivity index (χ1n) is 13.2. The predicted molar refractivity (Wildman–Crippen MR) is 161 cm³/mol. The first-order valence-corrected chi connectivity index (χ1v) is 18.8. The highest BCUT2D eigenvalue weighted by Crippen LogP contribution is 2.26. The Labute approximate surface area is 257 Å². The number of hydrogen-bond acceptors (Lipinski definition) is 6. The molecule has 0 unspecified atom stereocenters. The van der Waals surface area contributed by atoms with Gasteiger partial charge in [0.25, 0.3) is 0 Å². The van der Waals surface area contributed by atoms with Crippen LogP contribution < -0.4 is 0 Å². The van der Waals surface area contributed by atoms with Gasteiger partial charge in [0.15, 0.2) is 29.5 Å². The third-order valence-electron chi connectivity index (χ3n) is 6.15. The van der Waals surface area contributed by atoms with Gasteiger partial charge in [0, 0.05) is 24.3 Å². The molecule has 44 heavy (non-hydrogen) atoms. The Morgan fingerprint density at radius 2 is 0.864 bits per heavy atom. The number of halogens is 5. The summed E-state index contributed by atoms with van der Waals surface area (Å²) in [6.45, 7) is 10.4. The average Bonchev–Trinajstić information content (AvgIpc) is 2.83. The maximum Gasteiger partial charge on any atom is 0.178 e. The Morgan fingerprint density at radius 1 is 0.455 bits per heavy atom. The van der Waals surface area contributed by atoms with E-state index in [9.17, 15) is 47.2 Å². The maximum absolute atomic E-state index is 13.4. The second kappa shape index (κ2) is 15.0. The zero-order chi connectivity index (χ0) is 34.5. The lowest BCUT2D eigenvalue weighted by atomic mass is 10.0. The van der Waals surface area contributed by atoms with Gasteiger partial charge in [-0.1, -0.05) is 47.6 Å². The van der Waals surface area contributed by atoms with E-state index < -0.39 is 63.5 Å². The Bertz CT molecular complexity index is 1790. The van der Waals surface area contributed by atoms with E-state index in [1.807, 2.05) is 13.8 Å². The summed E-state index contributed by atoms with van der Waals surface area (Å²) in [4.78, 5) is -0.897. The lowest BCUT2D eigenvalue weighted by Crippen LogP contribution is -2.04. The van der Waals surface area contributed by atoms with Gasteiger partial charge >= 0.3 is 0 Å². The van der Waals surface area contributed by atoms with E-state index in [-0.39, 0.29) is 38.7 Å².